The van der Waals surface area contributed by atoms with Gasteiger partial charge in [0.15, 0.2) is 12.3 Å². The Labute approximate surface area is 191 Å². The van der Waals surface area contributed by atoms with Crippen LogP contribution in [0.25, 0.3) is 0 Å². The maximum atomic E-state index is 13.4. The van der Waals surface area contributed by atoms with Crippen LogP contribution in [-0.2, 0) is 23.8 Å². The molecule has 4 rings (SSSR count). The van der Waals surface area contributed by atoms with Crippen molar-refractivity contribution >= 4 is 11.9 Å². The Morgan fingerprint density at radius 2 is 1.91 bits per heavy atom. The van der Waals surface area contributed by atoms with Crippen LogP contribution >= 0.6 is 0 Å². The Bertz CT molecular complexity index is 679. The van der Waals surface area contributed by atoms with Crippen molar-refractivity contribution in [1.29, 1.82) is 0 Å². The van der Waals surface area contributed by atoms with Crippen molar-refractivity contribution in [2.75, 3.05) is 34.4 Å². The third kappa shape index (κ3) is 4.55. The van der Waals surface area contributed by atoms with Crippen molar-refractivity contribution in [3.63, 3.8) is 0 Å². The van der Waals surface area contributed by atoms with E-state index in [9.17, 15) is 9.59 Å². The molecule has 32 heavy (non-hydrogen) atoms. The molecule has 3 saturated heterocycles. The molecule has 1 aliphatic carbocycles. The van der Waals surface area contributed by atoms with Gasteiger partial charge in [-0.2, -0.15) is 0 Å². The van der Waals surface area contributed by atoms with Crippen LogP contribution in [0.2, 0.25) is 0 Å². The number of nitrogens with two attached hydrogens (primary N) is 1. The molecule has 1 saturated carbocycles. The predicted molar refractivity (Wildman–Crippen MR) is 117 cm³/mol. The van der Waals surface area contributed by atoms with Crippen molar-refractivity contribution in [3.05, 3.63) is 0 Å². The van der Waals surface area contributed by atoms with E-state index in [-0.39, 0.29) is 48.5 Å². The smallest absolute Gasteiger partial charge is 0.316 e. The predicted octanol–water partition coefficient (Wildman–Crippen LogP) is -0.547. The van der Waals surface area contributed by atoms with E-state index < -0.39 is 5.92 Å². The Morgan fingerprint density at radius 3 is 2.62 bits per heavy atom. The molecule has 9 heteroatoms. The van der Waals surface area contributed by atoms with Crippen LogP contribution in [-0.4, -0.2) is 81.9 Å². The summed E-state index contributed by atoms with van der Waals surface area (Å²) in [6, 6.07) is 0. The number of likely N-dealkylation sites (tertiary alicyclic amines) is 1. The highest BCUT2D eigenvalue weighted by atomic mass is 16.5. The number of carbonyl (C=O) groups excluding carboxylic acids is 2. The van der Waals surface area contributed by atoms with Gasteiger partial charge in [0.1, 0.15) is 11.8 Å². The van der Waals surface area contributed by atoms with Gasteiger partial charge in [-0.05, 0) is 57.3 Å². The van der Waals surface area contributed by atoms with Crippen LogP contribution in [0.1, 0.15) is 51.4 Å². The molecule has 3 aliphatic heterocycles. The second-order valence-electron chi connectivity index (χ2n) is 10.0. The molecule has 9 atom stereocenters. The fourth-order valence-electron chi connectivity index (χ4n) is 6.59. The number of carbonyl (C=O) groups is 2. The number of amides is 1. The molecule has 182 valence electrons. The molecule has 0 spiro atoms. The summed E-state index contributed by atoms with van der Waals surface area (Å²) >= 11 is 0. The summed E-state index contributed by atoms with van der Waals surface area (Å²) in [5.41, 5.74) is 6.69. The number of esters is 1. The number of quaternary nitrogens is 1. The number of nitrogens with one attached hydrogen (secondary N) is 2. The zero-order valence-electron chi connectivity index (χ0n) is 19.8. The number of hydrogen-bond donors (Lipinski definition) is 3. The monoisotopic (exact) mass is 453 g/mol. The lowest BCUT2D eigenvalue weighted by Gasteiger charge is -2.52. The summed E-state index contributed by atoms with van der Waals surface area (Å²) in [5.74, 6) is -0.300. The molecule has 9 nitrogen and oxygen atoms in total. The van der Waals surface area contributed by atoms with Gasteiger partial charge >= 0.3 is 5.97 Å². The maximum Gasteiger partial charge on any atom is 0.316 e. The number of hydrogen-bond acceptors (Lipinski definition) is 7. The summed E-state index contributed by atoms with van der Waals surface area (Å²) in [6.07, 6.45) is 7.58. The average molecular weight is 454 g/mol. The SMILES string of the molecule is COC(=O)C1CC2C(=O)N3CCCCC3NC2[NH+](CCC2CCC(OC)C(OC)C2)C1N. The minimum atomic E-state index is -0.459. The Kier molecular flexibility index (Phi) is 7.72. The van der Waals surface area contributed by atoms with Crippen molar-refractivity contribution in [2.45, 2.75) is 82.1 Å². The van der Waals surface area contributed by atoms with Gasteiger partial charge in [-0.3, -0.25) is 15.3 Å². The van der Waals surface area contributed by atoms with Crippen LogP contribution in [0.4, 0.5) is 0 Å². The number of piperidine rings is 2. The molecule has 0 radical (unpaired) electrons. The van der Waals surface area contributed by atoms with E-state index in [1.54, 1.807) is 14.2 Å². The van der Waals surface area contributed by atoms with Gasteiger partial charge in [0.2, 0.25) is 5.91 Å². The first-order valence-electron chi connectivity index (χ1n) is 12.3. The van der Waals surface area contributed by atoms with Crippen LogP contribution in [0.15, 0.2) is 0 Å². The van der Waals surface area contributed by atoms with Crippen molar-refractivity contribution < 1.29 is 28.7 Å². The number of ether oxygens (including phenoxy) is 3. The van der Waals surface area contributed by atoms with Gasteiger partial charge in [0, 0.05) is 20.8 Å². The van der Waals surface area contributed by atoms with E-state index in [0.717, 1.165) is 62.9 Å². The standard InChI is InChI=1S/C23H40N4O5/c1-30-17-8-7-14(12-18(17)31-2)9-11-27-20(24)15(23(29)32-3)13-16-21(27)25-19-6-4-5-10-26(19)22(16)28/h14-21,25H,4-13,24H2,1-3H3/p+1. The first kappa shape index (κ1) is 23.9. The van der Waals surface area contributed by atoms with Gasteiger partial charge in [-0.1, -0.05) is 0 Å². The second kappa shape index (κ2) is 10.3. The van der Waals surface area contributed by atoms with Crippen molar-refractivity contribution in [2.24, 2.45) is 23.5 Å². The highest BCUT2D eigenvalue weighted by molar-refractivity contribution is 5.82. The summed E-state index contributed by atoms with van der Waals surface area (Å²) in [7, 11) is 4.91. The number of rotatable bonds is 6. The molecule has 4 N–H and O–H groups in total. The van der Waals surface area contributed by atoms with Gasteiger partial charge in [-0.15, -0.1) is 0 Å². The molecule has 0 bridgehead atoms. The minimum absolute atomic E-state index is 0.0497. The van der Waals surface area contributed by atoms with Crippen LogP contribution < -0.4 is 16.0 Å². The first-order valence-corrected chi connectivity index (χ1v) is 12.3. The molecule has 9 unspecified atom stereocenters. The molecule has 4 fully saturated rings. The van der Waals surface area contributed by atoms with Crippen LogP contribution in [0.5, 0.6) is 0 Å². The molecule has 3 heterocycles. The van der Waals surface area contributed by atoms with E-state index in [1.165, 1.54) is 7.11 Å². The summed E-state index contributed by atoms with van der Waals surface area (Å²) < 4.78 is 16.3. The quantitative estimate of drug-likeness (QED) is 0.464. The zero-order chi connectivity index (χ0) is 22.8. The van der Waals surface area contributed by atoms with Crippen LogP contribution in [0, 0.1) is 17.8 Å². The van der Waals surface area contributed by atoms with Gasteiger partial charge < -0.3 is 24.0 Å². The van der Waals surface area contributed by atoms with E-state index in [4.69, 9.17) is 19.9 Å². The van der Waals surface area contributed by atoms with E-state index in [0.29, 0.717) is 12.3 Å². The fourth-order valence-corrected chi connectivity index (χ4v) is 6.59. The lowest BCUT2D eigenvalue weighted by Crippen LogP contribution is -3.26. The number of methoxy groups -OCH3 is 3. The lowest BCUT2D eigenvalue weighted by molar-refractivity contribution is -0.965. The Morgan fingerprint density at radius 1 is 1.12 bits per heavy atom. The Balaban J connectivity index is 1.49. The molecule has 0 aromatic heterocycles. The van der Waals surface area contributed by atoms with E-state index >= 15 is 0 Å². The van der Waals surface area contributed by atoms with Gasteiger partial charge in [0.05, 0.1) is 32.0 Å². The van der Waals surface area contributed by atoms with Crippen molar-refractivity contribution in [1.82, 2.24) is 10.2 Å². The van der Waals surface area contributed by atoms with E-state index in [2.05, 4.69) is 5.32 Å². The summed E-state index contributed by atoms with van der Waals surface area (Å²) in [5, 5.41) is 3.76. The molecule has 0 aromatic rings. The Hall–Kier alpha value is -1.26. The largest absolute Gasteiger partial charge is 0.469 e. The average Bonchev–Trinajstić information content (AvgIpc) is 2.82. The maximum absolute atomic E-state index is 13.4. The lowest BCUT2D eigenvalue weighted by atomic mass is 9.79. The summed E-state index contributed by atoms with van der Waals surface area (Å²) in [4.78, 5) is 29.1. The van der Waals surface area contributed by atoms with Gasteiger partial charge in [-0.25, -0.2) is 5.32 Å². The number of fused-ring (bicyclic) bond motifs is 2. The van der Waals surface area contributed by atoms with Crippen LogP contribution in [0.3, 0.4) is 0 Å². The second-order valence-corrected chi connectivity index (χ2v) is 10.0. The third-order valence-electron chi connectivity index (χ3n) is 8.44. The summed E-state index contributed by atoms with van der Waals surface area (Å²) in [6.45, 7) is 1.62. The topological polar surface area (TPSA) is 108 Å². The fraction of sp³-hybridized carbons (Fsp3) is 0.913. The molecule has 1 amide bonds. The highest BCUT2D eigenvalue weighted by Gasteiger charge is 2.55. The van der Waals surface area contributed by atoms with Gasteiger partial charge in [0.25, 0.3) is 0 Å². The number of nitrogens with zero attached hydrogens (tertiary/aromatic N) is 1. The normalized spacial score (nSPS) is 42.2. The van der Waals surface area contributed by atoms with E-state index in [1.807, 2.05) is 4.90 Å². The molecular formula is C23H41N4O5+. The molecule has 4 aliphatic rings. The molecule has 0 aromatic carbocycles. The zero-order valence-corrected chi connectivity index (χ0v) is 19.8. The first-order chi connectivity index (χ1) is 15.5. The third-order valence-corrected chi connectivity index (χ3v) is 8.44. The minimum Gasteiger partial charge on any atom is -0.469 e. The molecular weight excluding hydrogens is 412 g/mol. The highest BCUT2D eigenvalue weighted by Crippen LogP contribution is 2.32. The van der Waals surface area contributed by atoms with Crippen molar-refractivity contribution in [3.8, 4) is 0 Å².